The van der Waals surface area contributed by atoms with Crippen molar-refractivity contribution < 1.29 is 4.55 Å². The smallest absolute Gasteiger partial charge is 0.136 e. The van der Waals surface area contributed by atoms with Crippen molar-refractivity contribution in [1.82, 2.24) is 9.71 Å². The molecule has 0 saturated heterocycles. The Labute approximate surface area is 121 Å². The number of pyridine rings is 1. The molecular formula is C13H19BrN2OS. The van der Waals surface area contributed by atoms with E-state index in [4.69, 9.17) is 0 Å². The Hall–Kier alpha value is -0.360. The highest BCUT2D eigenvalue weighted by molar-refractivity contribution is 9.10. The monoisotopic (exact) mass is 330 g/mol. The SMILES string of the molecule is C=CCC(N[S@+]([O-])C(C)(C)C)c1ccnc(Br)c1. The highest BCUT2D eigenvalue weighted by Gasteiger charge is 2.29. The van der Waals surface area contributed by atoms with E-state index >= 15 is 0 Å². The van der Waals surface area contributed by atoms with Crippen LogP contribution in [0.2, 0.25) is 0 Å². The van der Waals surface area contributed by atoms with Crippen LogP contribution in [0.5, 0.6) is 0 Å². The molecule has 0 aliphatic carbocycles. The van der Waals surface area contributed by atoms with Crippen molar-refractivity contribution in [2.45, 2.75) is 38.0 Å². The quantitative estimate of drug-likeness (QED) is 0.510. The highest BCUT2D eigenvalue weighted by Crippen LogP contribution is 2.23. The van der Waals surface area contributed by atoms with Crippen molar-refractivity contribution in [2.24, 2.45) is 0 Å². The highest BCUT2D eigenvalue weighted by atomic mass is 79.9. The Bertz CT molecular complexity index is 406. The summed E-state index contributed by atoms with van der Waals surface area (Å²) in [6.45, 7) is 9.60. The molecule has 5 heteroatoms. The van der Waals surface area contributed by atoms with E-state index in [9.17, 15) is 4.55 Å². The van der Waals surface area contributed by atoms with Gasteiger partial charge < -0.3 is 4.55 Å². The molecule has 1 aromatic rings. The van der Waals surface area contributed by atoms with E-state index in [1.807, 2.05) is 39.0 Å². The summed E-state index contributed by atoms with van der Waals surface area (Å²) in [6.07, 6.45) is 4.28. The molecule has 1 heterocycles. The van der Waals surface area contributed by atoms with Crippen molar-refractivity contribution in [3.05, 3.63) is 41.2 Å². The van der Waals surface area contributed by atoms with Crippen LogP contribution in [0.25, 0.3) is 0 Å². The van der Waals surface area contributed by atoms with E-state index in [2.05, 4.69) is 32.2 Å². The summed E-state index contributed by atoms with van der Waals surface area (Å²) in [5.74, 6) is 0. The molecule has 1 unspecified atom stereocenters. The maximum Gasteiger partial charge on any atom is 0.136 e. The zero-order valence-corrected chi connectivity index (χ0v) is 13.3. The van der Waals surface area contributed by atoms with E-state index in [1.54, 1.807) is 6.20 Å². The van der Waals surface area contributed by atoms with E-state index in [-0.39, 0.29) is 10.8 Å². The van der Waals surface area contributed by atoms with Gasteiger partial charge in [0.2, 0.25) is 0 Å². The average molecular weight is 331 g/mol. The molecule has 1 rings (SSSR count). The predicted molar refractivity (Wildman–Crippen MR) is 80.5 cm³/mol. The largest absolute Gasteiger partial charge is 0.598 e. The van der Waals surface area contributed by atoms with Crippen LogP contribution in [0.3, 0.4) is 0 Å². The van der Waals surface area contributed by atoms with Gasteiger partial charge in [-0.15, -0.1) is 11.3 Å². The van der Waals surface area contributed by atoms with Crippen molar-refractivity contribution in [3.8, 4) is 0 Å². The maximum atomic E-state index is 12.1. The first-order valence-electron chi connectivity index (χ1n) is 5.75. The molecule has 3 nitrogen and oxygen atoms in total. The molecule has 0 spiro atoms. The molecule has 0 fully saturated rings. The molecule has 2 atom stereocenters. The third-order valence-electron chi connectivity index (χ3n) is 2.36. The van der Waals surface area contributed by atoms with E-state index in [0.717, 1.165) is 16.6 Å². The third-order valence-corrected chi connectivity index (χ3v) is 4.41. The standard InChI is InChI=1S/C13H19BrN2OS/c1-5-6-11(16-18(17)13(2,3)4)10-7-8-15-12(14)9-10/h5,7-9,11,16H,1,6H2,2-4H3/t11?,18-/m1/s1. The van der Waals surface area contributed by atoms with Crippen LogP contribution >= 0.6 is 15.9 Å². The van der Waals surface area contributed by atoms with Gasteiger partial charge in [-0.2, -0.15) is 0 Å². The van der Waals surface area contributed by atoms with Gasteiger partial charge in [0, 0.05) is 17.6 Å². The summed E-state index contributed by atoms with van der Waals surface area (Å²) in [7, 11) is 0. The van der Waals surface area contributed by atoms with Crippen molar-refractivity contribution >= 4 is 27.3 Å². The Morgan fingerprint density at radius 1 is 1.61 bits per heavy atom. The van der Waals surface area contributed by atoms with Gasteiger partial charge in [0.05, 0.1) is 6.04 Å². The van der Waals surface area contributed by atoms with Gasteiger partial charge in [-0.3, -0.25) is 0 Å². The minimum Gasteiger partial charge on any atom is -0.598 e. The van der Waals surface area contributed by atoms with Gasteiger partial charge in [0.15, 0.2) is 0 Å². The van der Waals surface area contributed by atoms with E-state index < -0.39 is 11.4 Å². The maximum absolute atomic E-state index is 12.1. The first kappa shape index (κ1) is 15.7. The number of aromatic nitrogens is 1. The van der Waals surface area contributed by atoms with Crippen LogP contribution in [-0.4, -0.2) is 14.3 Å². The number of halogens is 1. The number of hydrogen-bond donors (Lipinski definition) is 1. The molecule has 100 valence electrons. The van der Waals surface area contributed by atoms with Crippen LogP contribution in [0.4, 0.5) is 0 Å². The fourth-order valence-electron chi connectivity index (χ4n) is 1.36. The molecule has 0 saturated carbocycles. The second-order valence-corrected chi connectivity index (χ2v) is 7.80. The van der Waals surface area contributed by atoms with Gasteiger partial charge in [-0.25, -0.2) is 4.98 Å². The number of nitrogens with zero attached hydrogens (tertiary/aromatic N) is 1. The predicted octanol–water partition coefficient (Wildman–Crippen LogP) is 3.51. The topological polar surface area (TPSA) is 48.0 Å². The normalized spacial score (nSPS) is 15.2. The molecule has 0 aliphatic heterocycles. The Morgan fingerprint density at radius 3 is 2.78 bits per heavy atom. The molecular weight excluding hydrogens is 312 g/mol. The second-order valence-electron chi connectivity index (χ2n) is 4.99. The van der Waals surface area contributed by atoms with Gasteiger partial charge in [0.1, 0.15) is 9.35 Å². The third kappa shape index (κ3) is 4.72. The first-order valence-corrected chi connectivity index (χ1v) is 7.69. The lowest BCUT2D eigenvalue weighted by atomic mass is 10.1. The van der Waals surface area contributed by atoms with Gasteiger partial charge >= 0.3 is 0 Å². The summed E-state index contributed by atoms with van der Waals surface area (Å²) in [5.41, 5.74) is 1.05. The van der Waals surface area contributed by atoms with Crippen molar-refractivity contribution in [1.29, 1.82) is 0 Å². The molecule has 0 aliphatic rings. The minimum absolute atomic E-state index is 0.0122. The zero-order valence-electron chi connectivity index (χ0n) is 10.9. The Kier molecular flexibility index (Phi) is 5.85. The molecule has 18 heavy (non-hydrogen) atoms. The Morgan fingerprint density at radius 2 is 2.28 bits per heavy atom. The van der Waals surface area contributed by atoms with E-state index in [0.29, 0.717) is 0 Å². The molecule has 0 radical (unpaired) electrons. The van der Waals surface area contributed by atoms with Crippen molar-refractivity contribution in [3.63, 3.8) is 0 Å². The summed E-state index contributed by atoms with van der Waals surface area (Å²) < 4.78 is 15.8. The summed E-state index contributed by atoms with van der Waals surface area (Å²) in [6, 6.07) is 3.84. The summed E-state index contributed by atoms with van der Waals surface area (Å²) in [5, 5.41) is 0. The van der Waals surface area contributed by atoms with Crippen LogP contribution < -0.4 is 4.72 Å². The molecule has 1 aromatic heterocycles. The van der Waals surface area contributed by atoms with Crippen LogP contribution in [0.1, 0.15) is 38.8 Å². The van der Waals surface area contributed by atoms with Crippen molar-refractivity contribution in [2.75, 3.05) is 0 Å². The van der Waals surface area contributed by atoms with Crippen LogP contribution in [-0.2, 0) is 11.4 Å². The molecule has 0 amide bonds. The average Bonchev–Trinajstić information content (AvgIpc) is 2.27. The number of rotatable bonds is 5. The van der Waals surface area contributed by atoms with Gasteiger partial charge in [0.25, 0.3) is 0 Å². The fourth-order valence-corrected chi connectivity index (χ4v) is 2.59. The lowest BCUT2D eigenvalue weighted by Gasteiger charge is -2.27. The molecule has 0 bridgehead atoms. The Balaban J connectivity index is 2.86. The molecule has 0 aromatic carbocycles. The van der Waals surface area contributed by atoms with Crippen LogP contribution in [0.15, 0.2) is 35.6 Å². The van der Waals surface area contributed by atoms with Gasteiger partial charge in [-0.1, -0.05) is 6.08 Å². The zero-order chi connectivity index (χ0) is 13.8. The molecule has 1 N–H and O–H groups in total. The van der Waals surface area contributed by atoms with Crippen LogP contribution in [0, 0.1) is 0 Å². The number of hydrogen-bond acceptors (Lipinski definition) is 3. The minimum atomic E-state index is -1.11. The van der Waals surface area contributed by atoms with Gasteiger partial charge in [-0.05, 0) is 60.8 Å². The second kappa shape index (κ2) is 6.70. The van der Waals surface area contributed by atoms with E-state index in [1.165, 1.54) is 0 Å². The number of nitrogens with one attached hydrogen (secondary N) is 1. The lowest BCUT2D eigenvalue weighted by Crippen LogP contribution is -2.41. The lowest BCUT2D eigenvalue weighted by molar-refractivity contribution is 0.524. The summed E-state index contributed by atoms with van der Waals surface area (Å²) >= 11 is 2.24. The fraction of sp³-hybridized carbons (Fsp3) is 0.462. The first-order chi connectivity index (χ1) is 8.34. The summed E-state index contributed by atoms with van der Waals surface area (Å²) in [4.78, 5) is 4.10.